The number of nitrogens with zero attached hydrogens (tertiary/aromatic N) is 1. The number of sulfonamides is 1. The normalized spacial score (nSPS) is 14.8. The number of carboxylic acid groups (broad SMARTS) is 1. The first kappa shape index (κ1) is 13.7. The van der Waals surface area contributed by atoms with E-state index in [0.717, 1.165) is 18.1 Å². The van der Waals surface area contributed by atoms with E-state index in [4.69, 9.17) is 9.52 Å². The Morgan fingerprint density at radius 1 is 1.19 bits per heavy atom. The Bertz CT molecular complexity index is 793. The topological polar surface area (TPSA) is 87.8 Å². The molecule has 0 saturated carbocycles. The molecule has 1 aromatic carbocycles. The summed E-state index contributed by atoms with van der Waals surface area (Å²) in [6.07, 6.45) is 1.53. The Kier molecular flexibility index (Phi) is 3.21. The lowest BCUT2D eigenvalue weighted by molar-refractivity contribution is 0.0656. The summed E-state index contributed by atoms with van der Waals surface area (Å²) < 4.78 is 31.5. The molecule has 1 N–H and O–H groups in total. The minimum absolute atomic E-state index is 0.350. The average Bonchev–Trinajstić information content (AvgIpc) is 2.97. The maximum absolute atomic E-state index is 12.6. The second kappa shape index (κ2) is 4.92. The molecule has 0 atom stereocenters. The predicted octanol–water partition coefficient (Wildman–Crippen LogP) is 2.12. The van der Waals surface area contributed by atoms with Crippen LogP contribution in [0.1, 0.15) is 22.5 Å². The molecule has 1 aromatic heterocycles. The lowest BCUT2D eigenvalue weighted by atomic mass is 10.0. The van der Waals surface area contributed by atoms with Crippen molar-refractivity contribution in [2.75, 3.05) is 10.8 Å². The van der Waals surface area contributed by atoms with Crippen LogP contribution in [-0.4, -0.2) is 26.0 Å². The average molecular weight is 307 g/mol. The van der Waals surface area contributed by atoms with Crippen molar-refractivity contribution >= 4 is 21.7 Å². The van der Waals surface area contributed by atoms with Crippen LogP contribution in [0.5, 0.6) is 0 Å². The van der Waals surface area contributed by atoms with Gasteiger partial charge in [-0.2, -0.15) is 8.42 Å². The molecule has 0 bridgehead atoms. The van der Waals surface area contributed by atoms with Crippen LogP contribution < -0.4 is 4.31 Å². The van der Waals surface area contributed by atoms with Crippen molar-refractivity contribution in [1.29, 1.82) is 0 Å². The number of hydrogen-bond acceptors (Lipinski definition) is 4. The number of aromatic carboxylic acids is 1. The molecule has 0 aliphatic carbocycles. The number of rotatable bonds is 3. The van der Waals surface area contributed by atoms with E-state index < -0.39 is 16.0 Å². The van der Waals surface area contributed by atoms with Gasteiger partial charge in [-0.3, -0.25) is 4.31 Å². The molecular weight excluding hydrogens is 294 g/mol. The number of hydrogen-bond donors (Lipinski definition) is 1. The Labute approximate surface area is 121 Å². The third kappa shape index (κ3) is 2.29. The summed E-state index contributed by atoms with van der Waals surface area (Å²) in [5, 5.41) is 8.48. The molecule has 0 radical (unpaired) electrons. The van der Waals surface area contributed by atoms with Crippen molar-refractivity contribution in [3.63, 3.8) is 0 Å². The minimum Gasteiger partial charge on any atom is -0.475 e. The summed E-state index contributed by atoms with van der Waals surface area (Å²) in [4.78, 5) is 10.8. The van der Waals surface area contributed by atoms with E-state index in [0.29, 0.717) is 18.7 Å². The first-order valence-corrected chi connectivity index (χ1v) is 7.88. The highest BCUT2D eigenvalue weighted by Gasteiger charge is 2.31. The summed E-state index contributed by atoms with van der Waals surface area (Å²) in [6, 6.07) is 9.60. The van der Waals surface area contributed by atoms with Gasteiger partial charge in [-0.05, 0) is 36.6 Å². The second-order valence-corrected chi connectivity index (χ2v) is 6.53. The van der Waals surface area contributed by atoms with E-state index in [-0.39, 0.29) is 10.9 Å². The fraction of sp³-hybridized carbons (Fsp3) is 0.214. The third-order valence-electron chi connectivity index (χ3n) is 3.40. The predicted molar refractivity (Wildman–Crippen MR) is 75.0 cm³/mol. The smallest absolute Gasteiger partial charge is 0.371 e. The molecule has 0 unspecified atom stereocenters. The summed E-state index contributed by atoms with van der Waals surface area (Å²) >= 11 is 0. The van der Waals surface area contributed by atoms with Crippen LogP contribution >= 0.6 is 0 Å². The highest BCUT2D eigenvalue weighted by atomic mass is 32.2. The molecule has 2 heterocycles. The minimum atomic E-state index is -3.88. The first-order chi connectivity index (χ1) is 10.00. The SMILES string of the molecule is O=C(O)c1ccc(S(=O)(=O)N2CCCc3ccccc32)o1. The molecule has 1 aliphatic rings. The summed E-state index contributed by atoms with van der Waals surface area (Å²) in [5.74, 6) is -1.69. The molecular formula is C14H13NO5S. The number of fused-ring (bicyclic) bond motifs is 1. The van der Waals surface area contributed by atoms with Gasteiger partial charge in [-0.15, -0.1) is 0 Å². The van der Waals surface area contributed by atoms with Gasteiger partial charge in [0.05, 0.1) is 5.69 Å². The zero-order valence-electron chi connectivity index (χ0n) is 11.0. The van der Waals surface area contributed by atoms with E-state index >= 15 is 0 Å². The number of benzene rings is 1. The maximum atomic E-state index is 12.6. The first-order valence-electron chi connectivity index (χ1n) is 6.44. The van der Waals surface area contributed by atoms with Gasteiger partial charge in [0.2, 0.25) is 10.9 Å². The monoisotopic (exact) mass is 307 g/mol. The largest absolute Gasteiger partial charge is 0.475 e. The quantitative estimate of drug-likeness (QED) is 0.938. The van der Waals surface area contributed by atoms with E-state index in [9.17, 15) is 13.2 Å². The van der Waals surface area contributed by atoms with Gasteiger partial charge in [0.25, 0.3) is 10.0 Å². The van der Waals surface area contributed by atoms with Crippen LogP contribution in [-0.2, 0) is 16.4 Å². The van der Waals surface area contributed by atoms with Crippen molar-refractivity contribution in [3.8, 4) is 0 Å². The number of carboxylic acids is 1. The van der Waals surface area contributed by atoms with Gasteiger partial charge in [0.1, 0.15) is 0 Å². The zero-order chi connectivity index (χ0) is 15.0. The molecule has 110 valence electrons. The highest BCUT2D eigenvalue weighted by molar-refractivity contribution is 7.92. The third-order valence-corrected chi connectivity index (χ3v) is 5.09. The number of furan rings is 1. The van der Waals surface area contributed by atoms with Crippen molar-refractivity contribution < 1.29 is 22.7 Å². The van der Waals surface area contributed by atoms with Gasteiger partial charge in [-0.1, -0.05) is 18.2 Å². The van der Waals surface area contributed by atoms with E-state index in [2.05, 4.69) is 0 Å². The summed E-state index contributed by atoms with van der Waals surface area (Å²) in [7, 11) is -3.88. The Balaban J connectivity index is 2.05. The molecule has 0 spiro atoms. The lowest BCUT2D eigenvalue weighted by Crippen LogP contribution is -2.35. The van der Waals surface area contributed by atoms with Crippen molar-refractivity contribution in [3.05, 3.63) is 47.7 Å². The van der Waals surface area contributed by atoms with Gasteiger partial charge >= 0.3 is 5.97 Å². The molecule has 3 rings (SSSR count). The van der Waals surface area contributed by atoms with Crippen molar-refractivity contribution in [2.45, 2.75) is 17.9 Å². The number of para-hydroxylation sites is 1. The second-order valence-electron chi connectivity index (χ2n) is 4.73. The van der Waals surface area contributed by atoms with Crippen molar-refractivity contribution in [2.24, 2.45) is 0 Å². The van der Waals surface area contributed by atoms with Crippen LogP contribution in [0.3, 0.4) is 0 Å². The van der Waals surface area contributed by atoms with Gasteiger partial charge in [0.15, 0.2) is 0 Å². The van der Waals surface area contributed by atoms with Crippen LogP contribution in [0.25, 0.3) is 0 Å². The zero-order valence-corrected chi connectivity index (χ0v) is 11.8. The maximum Gasteiger partial charge on any atom is 0.371 e. The molecule has 0 amide bonds. The number of aryl methyl sites for hydroxylation is 1. The molecule has 1 aliphatic heterocycles. The molecule has 2 aromatic rings. The molecule has 0 saturated heterocycles. The fourth-order valence-electron chi connectivity index (χ4n) is 2.43. The molecule has 21 heavy (non-hydrogen) atoms. The van der Waals surface area contributed by atoms with E-state index in [1.165, 1.54) is 10.4 Å². The van der Waals surface area contributed by atoms with Gasteiger partial charge < -0.3 is 9.52 Å². The van der Waals surface area contributed by atoms with E-state index in [1.54, 1.807) is 12.1 Å². The number of anilines is 1. The van der Waals surface area contributed by atoms with Crippen molar-refractivity contribution in [1.82, 2.24) is 0 Å². The van der Waals surface area contributed by atoms with Crippen LogP contribution in [0.15, 0.2) is 45.9 Å². The van der Waals surface area contributed by atoms with Gasteiger partial charge in [-0.25, -0.2) is 4.79 Å². The van der Waals surface area contributed by atoms with Crippen LogP contribution in [0.2, 0.25) is 0 Å². The molecule has 0 fully saturated rings. The van der Waals surface area contributed by atoms with E-state index in [1.807, 2.05) is 12.1 Å². The standard InChI is InChI=1S/C14H13NO5S/c16-14(17)12-7-8-13(20-12)21(18,19)15-9-3-5-10-4-1-2-6-11(10)15/h1-2,4,6-8H,3,5,9H2,(H,16,17). The Hall–Kier alpha value is -2.28. The Morgan fingerprint density at radius 2 is 1.95 bits per heavy atom. The van der Waals surface area contributed by atoms with Gasteiger partial charge in [0, 0.05) is 6.54 Å². The molecule has 7 heteroatoms. The summed E-state index contributed by atoms with van der Waals surface area (Å²) in [6.45, 7) is 0.350. The lowest BCUT2D eigenvalue weighted by Gasteiger charge is -2.29. The summed E-state index contributed by atoms with van der Waals surface area (Å²) in [5.41, 5.74) is 1.58. The van der Waals surface area contributed by atoms with Crippen LogP contribution in [0.4, 0.5) is 5.69 Å². The van der Waals surface area contributed by atoms with Crippen LogP contribution in [0, 0.1) is 0 Å². The highest BCUT2D eigenvalue weighted by Crippen LogP contribution is 2.32. The number of carbonyl (C=O) groups is 1. The fourth-order valence-corrected chi connectivity index (χ4v) is 3.89. The molecule has 6 nitrogen and oxygen atoms in total. The Morgan fingerprint density at radius 3 is 2.67 bits per heavy atom.